The molecule has 0 saturated heterocycles. The Morgan fingerprint density at radius 1 is 1.15 bits per heavy atom. The zero-order chi connectivity index (χ0) is 14.7. The minimum absolute atomic E-state index is 0.134. The molecule has 0 spiro atoms. The molecule has 3 rings (SSSR count). The number of nitrogens with two attached hydrogens (primary N) is 1. The van der Waals surface area contributed by atoms with E-state index in [1.165, 1.54) is 18.2 Å². The van der Waals surface area contributed by atoms with E-state index in [9.17, 15) is 18.0 Å². The van der Waals surface area contributed by atoms with Crippen LogP contribution in [-0.4, -0.2) is 25.2 Å². The Morgan fingerprint density at radius 2 is 1.80 bits per heavy atom. The third-order valence-corrected chi connectivity index (χ3v) is 4.06. The van der Waals surface area contributed by atoms with Gasteiger partial charge in [-0.1, -0.05) is 0 Å². The highest BCUT2D eigenvalue weighted by Gasteiger charge is 2.31. The van der Waals surface area contributed by atoms with E-state index >= 15 is 0 Å². The number of carbonyl (C=O) groups is 2. The van der Waals surface area contributed by atoms with E-state index < -0.39 is 21.8 Å². The van der Waals surface area contributed by atoms with Crippen molar-refractivity contribution in [2.24, 2.45) is 5.14 Å². The fraction of sp³-hybridized carbons (Fsp3) is 0.0833. The predicted molar refractivity (Wildman–Crippen MR) is 69.6 cm³/mol. The lowest BCUT2D eigenvalue weighted by Crippen LogP contribution is -2.20. The molecule has 20 heavy (non-hydrogen) atoms. The van der Waals surface area contributed by atoms with Gasteiger partial charge in [-0.15, -0.1) is 0 Å². The summed E-state index contributed by atoms with van der Waals surface area (Å²) < 4.78 is 22.8. The summed E-state index contributed by atoms with van der Waals surface area (Å²) >= 11 is 0. The van der Waals surface area contributed by atoms with Crippen LogP contribution in [0.3, 0.4) is 0 Å². The van der Waals surface area contributed by atoms with Gasteiger partial charge in [0, 0.05) is 5.39 Å². The van der Waals surface area contributed by atoms with Crippen molar-refractivity contribution in [3.8, 4) is 0 Å². The van der Waals surface area contributed by atoms with Crippen LogP contribution >= 0.6 is 0 Å². The number of primary sulfonamides is 1. The van der Waals surface area contributed by atoms with E-state index in [1.54, 1.807) is 6.92 Å². The molecular weight excluding hydrogens is 282 g/mol. The van der Waals surface area contributed by atoms with Crippen LogP contribution in [0.1, 0.15) is 26.4 Å². The number of rotatable bonds is 1. The quantitative estimate of drug-likeness (QED) is 0.721. The van der Waals surface area contributed by atoms with Crippen molar-refractivity contribution in [3.63, 3.8) is 0 Å². The first-order chi connectivity index (χ1) is 9.29. The number of nitrogens with one attached hydrogen (secondary N) is 1. The summed E-state index contributed by atoms with van der Waals surface area (Å²) in [5.74, 6) is -1.09. The number of carbonyl (C=O) groups excluding carboxylic acids is 2. The number of amides is 2. The SMILES string of the molecule is Cc1nc2ccc(S(N)(=O)=O)cc2c2c1C(=O)NC2=O. The fourth-order valence-corrected chi connectivity index (χ4v) is 2.82. The molecule has 1 aromatic heterocycles. The van der Waals surface area contributed by atoms with Gasteiger partial charge >= 0.3 is 0 Å². The summed E-state index contributed by atoms with van der Waals surface area (Å²) in [4.78, 5) is 27.6. The summed E-state index contributed by atoms with van der Waals surface area (Å²) in [6.45, 7) is 1.62. The van der Waals surface area contributed by atoms with Gasteiger partial charge in [-0.2, -0.15) is 0 Å². The van der Waals surface area contributed by atoms with Gasteiger partial charge in [0.05, 0.1) is 27.2 Å². The van der Waals surface area contributed by atoms with Crippen LogP contribution in [0.5, 0.6) is 0 Å². The second-order valence-corrected chi connectivity index (χ2v) is 6.02. The normalized spacial score (nSPS) is 14.5. The molecule has 2 aromatic rings. The molecule has 2 amide bonds. The van der Waals surface area contributed by atoms with Gasteiger partial charge in [-0.05, 0) is 25.1 Å². The van der Waals surface area contributed by atoms with Gasteiger partial charge in [0.1, 0.15) is 0 Å². The van der Waals surface area contributed by atoms with Crippen molar-refractivity contribution in [3.05, 3.63) is 35.0 Å². The first kappa shape index (κ1) is 12.7. The molecule has 0 unspecified atom stereocenters. The molecule has 1 aliphatic heterocycles. The third-order valence-electron chi connectivity index (χ3n) is 3.15. The van der Waals surface area contributed by atoms with Gasteiger partial charge in [0.15, 0.2) is 0 Å². The molecule has 0 fully saturated rings. The van der Waals surface area contributed by atoms with E-state index in [-0.39, 0.29) is 16.0 Å². The third kappa shape index (κ3) is 1.69. The molecule has 0 atom stereocenters. The molecule has 102 valence electrons. The standard InChI is InChI=1S/C12H9N3O4S/c1-5-9-10(12(17)15-11(9)16)7-4-6(20(13,18)19)2-3-8(7)14-5/h2-4H,1H3,(H2,13,18,19)(H,15,16,17). The molecule has 0 saturated carbocycles. The second kappa shape index (κ2) is 3.84. The maximum absolute atomic E-state index is 11.9. The van der Waals surface area contributed by atoms with Crippen molar-refractivity contribution >= 4 is 32.7 Å². The Balaban J connectivity index is 2.47. The van der Waals surface area contributed by atoms with Crippen LogP contribution < -0.4 is 10.5 Å². The number of benzene rings is 1. The number of hydrogen-bond acceptors (Lipinski definition) is 5. The smallest absolute Gasteiger partial charge is 0.260 e. The van der Waals surface area contributed by atoms with E-state index in [2.05, 4.69) is 10.3 Å². The van der Waals surface area contributed by atoms with Gasteiger partial charge in [-0.25, -0.2) is 13.6 Å². The highest BCUT2D eigenvalue weighted by atomic mass is 32.2. The van der Waals surface area contributed by atoms with E-state index in [1.807, 2.05) is 0 Å². The number of aromatic nitrogens is 1. The Labute approximate surface area is 113 Å². The minimum Gasteiger partial charge on any atom is -0.288 e. The zero-order valence-electron chi connectivity index (χ0n) is 10.3. The monoisotopic (exact) mass is 291 g/mol. The number of pyridine rings is 1. The second-order valence-electron chi connectivity index (χ2n) is 4.45. The molecule has 1 aliphatic rings. The summed E-state index contributed by atoms with van der Waals surface area (Å²) in [5, 5.41) is 7.54. The number of imide groups is 1. The molecule has 3 N–H and O–H groups in total. The van der Waals surface area contributed by atoms with Crippen molar-refractivity contribution in [2.75, 3.05) is 0 Å². The van der Waals surface area contributed by atoms with Crippen LogP contribution in [-0.2, 0) is 10.0 Å². The Hall–Kier alpha value is -2.32. The lowest BCUT2D eigenvalue weighted by molar-refractivity contribution is 0.0880. The largest absolute Gasteiger partial charge is 0.288 e. The van der Waals surface area contributed by atoms with Crippen molar-refractivity contribution in [1.82, 2.24) is 10.3 Å². The Kier molecular flexibility index (Phi) is 2.44. The van der Waals surface area contributed by atoms with Gasteiger partial charge in [-0.3, -0.25) is 19.9 Å². The van der Waals surface area contributed by atoms with Crippen molar-refractivity contribution in [1.29, 1.82) is 0 Å². The van der Waals surface area contributed by atoms with E-state index in [4.69, 9.17) is 5.14 Å². The number of fused-ring (bicyclic) bond motifs is 3. The maximum atomic E-state index is 11.9. The number of hydrogen-bond donors (Lipinski definition) is 2. The molecule has 7 nitrogen and oxygen atoms in total. The molecule has 8 heteroatoms. The molecule has 0 aliphatic carbocycles. The Morgan fingerprint density at radius 3 is 2.45 bits per heavy atom. The van der Waals surface area contributed by atoms with Crippen LogP contribution in [0.25, 0.3) is 10.9 Å². The Bertz CT molecular complexity index is 903. The molecule has 1 aromatic carbocycles. The number of sulfonamides is 1. The fourth-order valence-electron chi connectivity index (χ4n) is 2.28. The number of aryl methyl sites for hydroxylation is 1. The topological polar surface area (TPSA) is 119 Å². The number of nitrogens with zero attached hydrogens (tertiary/aromatic N) is 1. The molecular formula is C12H9N3O4S. The summed E-state index contributed by atoms with van der Waals surface area (Å²) in [5.41, 5.74) is 1.16. The van der Waals surface area contributed by atoms with Gasteiger partial charge in [0.2, 0.25) is 10.0 Å². The summed E-state index contributed by atoms with van der Waals surface area (Å²) in [6.07, 6.45) is 0. The first-order valence-electron chi connectivity index (χ1n) is 5.62. The van der Waals surface area contributed by atoms with Crippen LogP contribution in [0.15, 0.2) is 23.1 Å². The van der Waals surface area contributed by atoms with E-state index in [0.717, 1.165) is 0 Å². The van der Waals surface area contributed by atoms with Gasteiger partial charge in [0.25, 0.3) is 11.8 Å². The molecule has 0 bridgehead atoms. The van der Waals surface area contributed by atoms with Crippen LogP contribution in [0, 0.1) is 6.92 Å². The predicted octanol–water partition coefficient (Wildman–Crippen LogP) is 0.0742. The highest BCUT2D eigenvalue weighted by Crippen LogP contribution is 2.28. The zero-order valence-corrected chi connectivity index (χ0v) is 11.1. The molecule has 2 heterocycles. The molecule has 0 radical (unpaired) electrons. The average Bonchev–Trinajstić information content (AvgIpc) is 2.64. The van der Waals surface area contributed by atoms with Crippen molar-refractivity contribution < 1.29 is 18.0 Å². The summed E-state index contributed by atoms with van der Waals surface area (Å²) in [7, 11) is -3.90. The van der Waals surface area contributed by atoms with Crippen molar-refractivity contribution in [2.45, 2.75) is 11.8 Å². The van der Waals surface area contributed by atoms with Crippen LogP contribution in [0.2, 0.25) is 0 Å². The lowest BCUT2D eigenvalue weighted by Gasteiger charge is -2.06. The average molecular weight is 291 g/mol. The highest BCUT2D eigenvalue weighted by molar-refractivity contribution is 7.89. The lowest BCUT2D eigenvalue weighted by atomic mass is 10.0. The first-order valence-corrected chi connectivity index (χ1v) is 7.16. The van der Waals surface area contributed by atoms with E-state index in [0.29, 0.717) is 16.6 Å². The maximum Gasteiger partial charge on any atom is 0.260 e. The van der Waals surface area contributed by atoms with Crippen LogP contribution in [0.4, 0.5) is 0 Å². The summed E-state index contributed by atoms with van der Waals surface area (Å²) in [6, 6.07) is 4.03. The van der Waals surface area contributed by atoms with Gasteiger partial charge < -0.3 is 0 Å². The minimum atomic E-state index is -3.90.